The van der Waals surface area contributed by atoms with Crippen molar-refractivity contribution in [1.82, 2.24) is 4.90 Å². The van der Waals surface area contributed by atoms with Crippen LogP contribution in [0.3, 0.4) is 0 Å². The predicted molar refractivity (Wildman–Crippen MR) is 58.3 cm³/mol. The van der Waals surface area contributed by atoms with Gasteiger partial charge in [0, 0.05) is 18.6 Å². The molecule has 2 rings (SSSR count). The molecule has 2 aliphatic rings. The zero-order chi connectivity index (χ0) is 10.2. The smallest absolute Gasteiger partial charge is 0.0615 e. The van der Waals surface area contributed by atoms with Crippen LogP contribution in [0.2, 0.25) is 0 Å². The molecule has 0 aromatic heterocycles. The molecule has 1 heterocycles. The average molecular weight is 197 g/mol. The summed E-state index contributed by atoms with van der Waals surface area (Å²) in [7, 11) is 0. The lowest BCUT2D eigenvalue weighted by Gasteiger charge is -2.61. The van der Waals surface area contributed by atoms with Crippen LogP contribution >= 0.6 is 0 Å². The summed E-state index contributed by atoms with van der Waals surface area (Å²) >= 11 is 0. The van der Waals surface area contributed by atoms with Crippen molar-refractivity contribution in [3.05, 3.63) is 0 Å². The minimum atomic E-state index is 0.202. The maximum atomic E-state index is 9.45. The summed E-state index contributed by atoms with van der Waals surface area (Å²) in [5.74, 6) is 0. The summed E-state index contributed by atoms with van der Waals surface area (Å²) in [6.45, 7) is 7.41. The molecular formula is C12H23NO. The Hall–Kier alpha value is -0.0800. The first-order chi connectivity index (χ1) is 6.70. The molecule has 0 aromatic carbocycles. The van der Waals surface area contributed by atoms with Crippen LogP contribution in [0, 0.1) is 5.41 Å². The van der Waals surface area contributed by atoms with E-state index in [9.17, 15) is 5.11 Å². The van der Waals surface area contributed by atoms with Gasteiger partial charge in [-0.1, -0.05) is 13.8 Å². The molecule has 0 unspecified atom stereocenters. The fraction of sp³-hybridized carbons (Fsp3) is 1.00. The zero-order valence-corrected chi connectivity index (χ0v) is 9.55. The molecule has 0 aromatic rings. The monoisotopic (exact) mass is 197 g/mol. The van der Waals surface area contributed by atoms with E-state index < -0.39 is 0 Å². The van der Waals surface area contributed by atoms with Gasteiger partial charge in [0.1, 0.15) is 0 Å². The van der Waals surface area contributed by atoms with E-state index in [1.54, 1.807) is 0 Å². The van der Waals surface area contributed by atoms with Crippen LogP contribution in [-0.4, -0.2) is 35.2 Å². The molecule has 0 atom stereocenters. The van der Waals surface area contributed by atoms with Crippen LogP contribution in [0.1, 0.15) is 46.0 Å². The SMILES string of the molecule is CCC1(CC)CN(C2(CO)CCC2)C1. The third-order valence-electron chi connectivity index (χ3n) is 4.80. The van der Waals surface area contributed by atoms with Crippen LogP contribution < -0.4 is 0 Å². The third kappa shape index (κ3) is 1.31. The van der Waals surface area contributed by atoms with Gasteiger partial charge in [-0.3, -0.25) is 4.90 Å². The van der Waals surface area contributed by atoms with E-state index in [4.69, 9.17) is 0 Å². The molecule has 2 heteroatoms. The first kappa shape index (κ1) is 10.4. The predicted octanol–water partition coefficient (Wildman–Crippen LogP) is 2.02. The van der Waals surface area contributed by atoms with Gasteiger partial charge >= 0.3 is 0 Å². The van der Waals surface area contributed by atoms with Crippen molar-refractivity contribution in [2.75, 3.05) is 19.7 Å². The van der Waals surface area contributed by atoms with Crippen molar-refractivity contribution in [3.63, 3.8) is 0 Å². The Morgan fingerprint density at radius 3 is 2.00 bits per heavy atom. The second-order valence-electron chi connectivity index (χ2n) is 5.30. The summed E-state index contributed by atoms with van der Waals surface area (Å²) in [4.78, 5) is 2.53. The van der Waals surface area contributed by atoms with E-state index in [1.807, 2.05) is 0 Å². The van der Waals surface area contributed by atoms with E-state index in [2.05, 4.69) is 18.7 Å². The van der Waals surface area contributed by atoms with Crippen molar-refractivity contribution in [3.8, 4) is 0 Å². The third-order valence-corrected chi connectivity index (χ3v) is 4.80. The van der Waals surface area contributed by atoms with E-state index >= 15 is 0 Å². The van der Waals surface area contributed by atoms with E-state index in [1.165, 1.54) is 45.2 Å². The highest BCUT2D eigenvalue weighted by molar-refractivity contribution is 5.06. The Labute approximate surface area is 87.3 Å². The zero-order valence-electron chi connectivity index (χ0n) is 9.55. The number of aliphatic hydroxyl groups excluding tert-OH is 1. The quantitative estimate of drug-likeness (QED) is 0.745. The number of rotatable bonds is 4. The van der Waals surface area contributed by atoms with Gasteiger partial charge in [-0.2, -0.15) is 0 Å². The molecule has 0 radical (unpaired) electrons. The normalized spacial score (nSPS) is 29.4. The summed E-state index contributed by atoms with van der Waals surface area (Å²) in [6, 6.07) is 0. The molecule has 1 N–H and O–H groups in total. The Bertz CT molecular complexity index is 193. The van der Waals surface area contributed by atoms with Crippen molar-refractivity contribution in [1.29, 1.82) is 0 Å². The molecule has 2 nitrogen and oxygen atoms in total. The highest BCUT2D eigenvalue weighted by Gasteiger charge is 2.51. The maximum Gasteiger partial charge on any atom is 0.0615 e. The Morgan fingerprint density at radius 2 is 1.71 bits per heavy atom. The molecule has 1 saturated heterocycles. The van der Waals surface area contributed by atoms with E-state index in [-0.39, 0.29) is 5.54 Å². The largest absolute Gasteiger partial charge is 0.394 e. The number of nitrogens with zero attached hydrogens (tertiary/aromatic N) is 1. The van der Waals surface area contributed by atoms with Crippen molar-refractivity contribution in [2.24, 2.45) is 5.41 Å². The lowest BCUT2D eigenvalue weighted by Crippen LogP contribution is -2.68. The van der Waals surface area contributed by atoms with E-state index in [0.29, 0.717) is 12.0 Å². The minimum Gasteiger partial charge on any atom is -0.394 e. The van der Waals surface area contributed by atoms with Gasteiger partial charge < -0.3 is 5.11 Å². The Balaban J connectivity index is 1.92. The highest BCUT2D eigenvalue weighted by atomic mass is 16.3. The molecule has 0 amide bonds. The molecular weight excluding hydrogens is 174 g/mol. The van der Waals surface area contributed by atoms with Gasteiger partial charge in [-0.15, -0.1) is 0 Å². The van der Waals surface area contributed by atoms with E-state index in [0.717, 1.165) is 0 Å². The maximum absolute atomic E-state index is 9.45. The molecule has 0 spiro atoms. The molecule has 0 bridgehead atoms. The second kappa shape index (κ2) is 3.49. The van der Waals surface area contributed by atoms with Crippen molar-refractivity contribution in [2.45, 2.75) is 51.5 Å². The Kier molecular flexibility index (Phi) is 2.61. The van der Waals surface area contributed by atoms with Crippen molar-refractivity contribution < 1.29 is 5.11 Å². The molecule has 82 valence electrons. The first-order valence-electron chi connectivity index (χ1n) is 6.06. The van der Waals surface area contributed by atoms with Gasteiger partial charge in [0.25, 0.3) is 0 Å². The molecule has 1 aliphatic carbocycles. The molecule has 14 heavy (non-hydrogen) atoms. The molecule has 1 aliphatic heterocycles. The molecule has 2 fully saturated rings. The number of hydrogen-bond acceptors (Lipinski definition) is 2. The van der Waals surface area contributed by atoms with Crippen molar-refractivity contribution >= 4 is 0 Å². The fourth-order valence-corrected chi connectivity index (χ4v) is 2.96. The van der Waals surface area contributed by atoms with Crippen LogP contribution in [0.5, 0.6) is 0 Å². The summed E-state index contributed by atoms with van der Waals surface area (Å²) < 4.78 is 0. The van der Waals surface area contributed by atoms with Crippen LogP contribution in [0.4, 0.5) is 0 Å². The number of hydrogen-bond donors (Lipinski definition) is 1. The van der Waals surface area contributed by atoms with Gasteiger partial charge in [-0.05, 0) is 37.5 Å². The number of likely N-dealkylation sites (tertiary alicyclic amines) is 1. The highest BCUT2D eigenvalue weighted by Crippen LogP contribution is 2.47. The fourth-order valence-electron chi connectivity index (χ4n) is 2.96. The van der Waals surface area contributed by atoms with Crippen LogP contribution in [-0.2, 0) is 0 Å². The summed E-state index contributed by atoms with van der Waals surface area (Å²) in [6.07, 6.45) is 6.32. The first-order valence-corrected chi connectivity index (χ1v) is 6.06. The van der Waals surface area contributed by atoms with Gasteiger partial charge in [0.05, 0.1) is 6.61 Å². The topological polar surface area (TPSA) is 23.5 Å². The van der Waals surface area contributed by atoms with Crippen LogP contribution in [0.15, 0.2) is 0 Å². The standard InChI is InChI=1S/C12H23NO/c1-3-11(4-2)8-13(9-11)12(10-14)6-5-7-12/h14H,3-10H2,1-2H3. The minimum absolute atomic E-state index is 0.202. The lowest BCUT2D eigenvalue weighted by molar-refractivity contribution is -0.133. The number of aliphatic hydroxyl groups is 1. The van der Waals surface area contributed by atoms with Crippen LogP contribution in [0.25, 0.3) is 0 Å². The summed E-state index contributed by atoms with van der Waals surface area (Å²) in [5, 5.41) is 9.45. The molecule has 1 saturated carbocycles. The second-order valence-corrected chi connectivity index (χ2v) is 5.30. The summed E-state index contributed by atoms with van der Waals surface area (Å²) in [5.41, 5.74) is 0.783. The van der Waals surface area contributed by atoms with Gasteiger partial charge in [0.2, 0.25) is 0 Å². The lowest BCUT2D eigenvalue weighted by atomic mass is 9.67. The Morgan fingerprint density at radius 1 is 1.14 bits per heavy atom. The van der Waals surface area contributed by atoms with Gasteiger partial charge in [0.15, 0.2) is 0 Å². The van der Waals surface area contributed by atoms with Gasteiger partial charge in [-0.25, -0.2) is 0 Å². The average Bonchev–Trinajstić information content (AvgIpc) is 2.08.